The lowest BCUT2D eigenvalue weighted by Crippen LogP contribution is -2.21. The summed E-state index contributed by atoms with van der Waals surface area (Å²) in [4.78, 5) is 1.30. The molecule has 3 rings (SSSR count). The summed E-state index contributed by atoms with van der Waals surface area (Å²) in [5.41, 5.74) is 2.37. The van der Waals surface area contributed by atoms with Crippen LogP contribution in [0.15, 0.2) is 53.4 Å². The fourth-order valence-corrected chi connectivity index (χ4v) is 4.09. The summed E-state index contributed by atoms with van der Waals surface area (Å²) in [6.45, 7) is 0. The molecule has 98 valence electrons. The summed E-state index contributed by atoms with van der Waals surface area (Å²) >= 11 is 7.82. The van der Waals surface area contributed by atoms with Crippen LogP contribution in [0.25, 0.3) is 0 Å². The average Bonchev–Trinajstić information content (AvgIpc) is 2.82. The largest absolute Gasteiger partial charge is 0.392 e. The van der Waals surface area contributed by atoms with E-state index in [9.17, 15) is 5.11 Å². The van der Waals surface area contributed by atoms with Gasteiger partial charge in [0.2, 0.25) is 0 Å². The third-order valence-electron chi connectivity index (χ3n) is 3.54. The molecule has 0 bridgehead atoms. The molecule has 1 aliphatic rings. The molecule has 2 aromatic rings. The fraction of sp³-hybridized carbons (Fsp3) is 0.250. The molecule has 2 aromatic carbocycles. The lowest BCUT2D eigenvalue weighted by atomic mass is 9.91. The Labute approximate surface area is 122 Å². The zero-order chi connectivity index (χ0) is 13.2. The Hall–Kier alpha value is -0.960. The molecule has 0 saturated carbocycles. The van der Waals surface area contributed by atoms with Gasteiger partial charge < -0.3 is 5.11 Å². The highest BCUT2D eigenvalue weighted by Gasteiger charge is 2.28. The van der Waals surface area contributed by atoms with Crippen LogP contribution in [0, 0.1) is 0 Å². The van der Waals surface area contributed by atoms with E-state index in [1.54, 1.807) is 0 Å². The van der Waals surface area contributed by atoms with Gasteiger partial charge >= 0.3 is 0 Å². The Morgan fingerprint density at radius 1 is 1.21 bits per heavy atom. The molecular formula is C16H15ClOS. The van der Waals surface area contributed by atoms with Crippen LogP contribution in [0.3, 0.4) is 0 Å². The highest BCUT2D eigenvalue weighted by Crippen LogP contribution is 2.41. The number of aliphatic hydroxyl groups is 1. The van der Waals surface area contributed by atoms with Gasteiger partial charge in [-0.1, -0.05) is 41.9 Å². The van der Waals surface area contributed by atoms with Crippen LogP contribution in [0.2, 0.25) is 5.02 Å². The first-order valence-electron chi connectivity index (χ1n) is 6.38. The molecule has 1 N–H and O–H groups in total. The standard InChI is InChI=1S/C16H15ClOS/c17-12-5-3-4-11(8-12)9-15(18)14-10-19-16-7-2-1-6-13(14)16/h1-8,14-15,18H,9-10H2. The van der Waals surface area contributed by atoms with Crippen molar-refractivity contribution in [2.75, 3.05) is 5.75 Å². The first kappa shape index (κ1) is 13.0. The Balaban J connectivity index is 1.77. The summed E-state index contributed by atoms with van der Waals surface area (Å²) in [7, 11) is 0. The van der Waals surface area contributed by atoms with Gasteiger partial charge in [-0.3, -0.25) is 0 Å². The average molecular weight is 291 g/mol. The molecule has 0 aromatic heterocycles. The number of benzene rings is 2. The molecule has 0 radical (unpaired) electrons. The maximum Gasteiger partial charge on any atom is 0.0657 e. The summed E-state index contributed by atoms with van der Waals surface area (Å²) in [5.74, 6) is 1.18. The second-order valence-corrected chi connectivity index (χ2v) is 6.35. The highest BCUT2D eigenvalue weighted by molar-refractivity contribution is 7.99. The first-order chi connectivity index (χ1) is 9.24. The molecular weight excluding hydrogens is 276 g/mol. The number of fused-ring (bicyclic) bond motifs is 1. The van der Waals surface area contributed by atoms with Crippen molar-refractivity contribution in [1.82, 2.24) is 0 Å². The third-order valence-corrected chi connectivity index (χ3v) is 4.98. The third kappa shape index (κ3) is 2.81. The molecule has 0 aliphatic carbocycles. The van der Waals surface area contributed by atoms with Crippen LogP contribution in [-0.4, -0.2) is 17.0 Å². The van der Waals surface area contributed by atoms with Crippen LogP contribution in [0.5, 0.6) is 0 Å². The minimum Gasteiger partial charge on any atom is -0.392 e. The molecule has 1 nitrogen and oxygen atoms in total. The van der Waals surface area contributed by atoms with E-state index in [1.165, 1.54) is 10.5 Å². The fourth-order valence-electron chi connectivity index (χ4n) is 2.55. The van der Waals surface area contributed by atoms with Crippen molar-refractivity contribution in [3.05, 3.63) is 64.7 Å². The van der Waals surface area contributed by atoms with Gasteiger partial charge in [-0.25, -0.2) is 0 Å². The van der Waals surface area contributed by atoms with Crippen LogP contribution in [-0.2, 0) is 6.42 Å². The summed E-state index contributed by atoms with van der Waals surface area (Å²) in [6, 6.07) is 16.1. The predicted octanol–water partition coefficient (Wildman–Crippen LogP) is 4.13. The van der Waals surface area contributed by atoms with Crippen LogP contribution in [0.4, 0.5) is 0 Å². The zero-order valence-corrected chi connectivity index (χ0v) is 12.0. The van der Waals surface area contributed by atoms with Crippen LogP contribution < -0.4 is 0 Å². The summed E-state index contributed by atoms with van der Waals surface area (Å²) < 4.78 is 0. The molecule has 0 saturated heterocycles. The Bertz CT molecular complexity index is 584. The monoisotopic (exact) mass is 290 g/mol. The van der Waals surface area contributed by atoms with E-state index in [4.69, 9.17) is 11.6 Å². The number of hydrogen-bond acceptors (Lipinski definition) is 2. The zero-order valence-electron chi connectivity index (χ0n) is 10.4. The number of rotatable bonds is 3. The van der Waals surface area contributed by atoms with Gasteiger partial charge in [0.05, 0.1) is 6.10 Å². The van der Waals surface area contributed by atoms with Crippen molar-refractivity contribution in [2.45, 2.75) is 23.3 Å². The maximum absolute atomic E-state index is 10.5. The van der Waals surface area contributed by atoms with E-state index in [0.29, 0.717) is 6.42 Å². The molecule has 0 fully saturated rings. The summed E-state index contributed by atoms with van der Waals surface area (Å²) in [5, 5.41) is 11.2. The SMILES string of the molecule is OC(Cc1cccc(Cl)c1)C1CSc2ccccc21. The predicted molar refractivity (Wildman–Crippen MR) is 81.1 cm³/mol. The topological polar surface area (TPSA) is 20.2 Å². The van der Waals surface area contributed by atoms with Gasteiger partial charge in [0.15, 0.2) is 0 Å². The quantitative estimate of drug-likeness (QED) is 0.917. The van der Waals surface area contributed by atoms with Crippen molar-refractivity contribution in [3.63, 3.8) is 0 Å². The van der Waals surface area contributed by atoms with Crippen molar-refractivity contribution in [2.24, 2.45) is 0 Å². The number of aliphatic hydroxyl groups excluding tert-OH is 1. The van der Waals surface area contributed by atoms with Gasteiger partial charge in [0.25, 0.3) is 0 Å². The second kappa shape index (κ2) is 5.58. The van der Waals surface area contributed by atoms with E-state index in [1.807, 2.05) is 42.1 Å². The molecule has 2 unspecified atom stereocenters. The molecule has 19 heavy (non-hydrogen) atoms. The minimum atomic E-state index is -0.352. The van der Waals surface area contributed by atoms with Crippen LogP contribution >= 0.6 is 23.4 Å². The van der Waals surface area contributed by atoms with E-state index >= 15 is 0 Å². The number of hydrogen-bond donors (Lipinski definition) is 1. The van der Waals surface area contributed by atoms with Gasteiger partial charge in [-0.15, -0.1) is 11.8 Å². The smallest absolute Gasteiger partial charge is 0.0657 e. The van der Waals surface area contributed by atoms with Gasteiger partial charge in [0, 0.05) is 21.6 Å². The summed E-state index contributed by atoms with van der Waals surface area (Å²) in [6.07, 6.45) is 0.301. The maximum atomic E-state index is 10.5. The van der Waals surface area contributed by atoms with Crippen molar-refractivity contribution < 1.29 is 5.11 Å². The minimum absolute atomic E-state index is 0.222. The van der Waals surface area contributed by atoms with E-state index in [2.05, 4.69) is 18.2 Å². The molecule has 0 spiro atoms. The highest BCUT2D eigenvalue weighted by atomic mass is 35.5. The molecule has 1 heterocycles. The molecule has 1 aliphatic heterocycles. The number of halogens is 1. The lowest BCUT2D eigenvalue weighted by molar-refractivity contribution is 0.151. The van der Waals surface area contributed by atoms with Gasteiger partial charge in [-0.05, 0) is 35.7 Å². The molecule has 3 heteroatoms. The van der Waals surface area contributed by atoms with Crippen molar-refractivity contribution >= 4 is 23.4 Å². The number of thioether (sulfide) groups is 1. The lowest BCUT2D eigenvalue weighted by Gasteiger charge is -2.18. The van der Waals surface area contributed by atoms with E-state index < -0.39 is 0 Å². The van der Waals surface area contributed by atoms with E-state index in [0.717, 1.165) is 16.3 Å². The van der Waals surface area contributed by atoms with Crippen molar-refractivity contribution in [1.29, 1.82) is 0 Å². The van der Waals surface area contributed by atoms with Gasteiger partial charge in [0.1, 0.15) is 0 Å². The first-order valence-corrected chi connectivity index (χ1v) is 7.74. The van der Waals surface area contributed by atoms with Crippen molar-refractivity contribution in [3.8, 4) is 0 Å². The van der Waals surface area contributed by atoms with Crippen LogP contribution in [0.1, 0.15) is 17.0 Å². The Morgan fingerprint density at radius 3 is 2.89 bits per heavy atom. The Kier molecular flexibility index (Phi) is 3.83. The second-order valence-electron chi connectivity index (χ2n) is 4.86. The van der Waals surface area contributed by atoms with Gasteiger partial charge in [-0.2, -0.15) is 0 Å². The normalized spacial score (nSPS) is 19.2. The Morgan fingerprint density at radius 2 is 2.05 bits per heavy atom. The van der Waals surface area contributed by atoms with E-state index in [-0.39, 0.29) is 12.0 Å². The molecule has 0 amide bonds. The molecule has 2 atom stereocenters.